The molecule has 0 radical (unpaired) electrons. The second-order valence-corrected chi connectivity index (χ2v) is 7.88. The smallest absolute Gasteiger partial charge is 0.227 e. The summed E-state index contributed by atoms with van der Waals surface area (Å²) in [6.07, 6.45) is 4.62. The van der Waals surface area contributed by atoms with E-state index in [1.165, 1.54) is 12.1 Å². The molecule has 1 aromatic heterocycles. The molecule has 2 N–H and O–H groups in total. The Kier molecular flexibility index (Phi) is 5.95. The van der Waals surface area contributed by atoms with Crippen molar-refractivity contribution in [2.45, 2.75) is 31.7 Å². The zero-order valence-electron chi connectivity index (χ0n) is 16.4. The van der Waals surface area contributed by atoms with Gasteiger partial charge in [-0.05, 0) is 54.7 Å². The quantitative estimate of drug-likeness (QED) is 0.652. The predicted molar refractivity (Wildman–Crippen MR) is 115 cm³/mol. The number of piperidine rings is 1. The van der Waals surface area contributed by atoms with Crippen LogP contribution in [-0.4, -0.2) is 27.3 Å². The van der Waals surface area contributed by atoms with Gasteiger partial charge < -0.3 is 10.6 Å². The largest absolute Gasteiger partial charge is 0.368 e. The second kappa shape index (κ2) is 8.79. The zero-order chi connectivity index (χ0) is 21.1. The Bertz CT molecular complexity index is 1060. The Balaban J connectivity index is 1.68. The van der Waals surface area contributed by atoms with Gasteiger partial charge in [0.05, 0.1) is 18.2 Å². The van der Waals surface area contributed by atoms with Crippen molar-refractivity contribution >= 4 is 23.5 Å². The van der Waals surface area contributed by atoms with Gasteiger partial charge in [-0.25, -0.2) is 14.4 Å². The van der Waals surface area contributed by atoms with Crippen LogP contribution in [0.4, 0.5) is 10.3 Å². The summed E-state index contributed by atoms with van der Waals surface area (Å²) in [6.45, 7) is 0.642. The number of likely N-dealkylation sites (tertiary alicyclic amines) is 1. The predicted octanol–water partition coefficient (Wildman–Crippen LogP) is 4.81. The van der Waals surface area contributed by atoms with Gasteiger partial charge in [0.25, 0.3) is 0 Å². The molecule has 1 amide bonds. The van der Waals surface area contributed by atoms with Crippen molar-refractivity contribution in [3.05, 3.63) is 76.8 Å². The number of aromatic nitrogens is 2. The van der Waals surface area contributed by atoms with E-state index in [2.05, 4.69) is 9.97 Å². The molecule has 0 unspecified atom stereocenters. The van der Waals surface area contributed by atoms with E-state index in [1.807, 2.05) is 29.2 Å². The summed E-state index contributed by atoms with van der Waals surface area (Å²) in [5.74, 6) is -0.155. The third-order valence-electron chi connectivity index (χ3n) is 5.38. The van der Waals surface area contributed by atoms with Crippen molar-refractivity contribution in [3.8, 4) is 11.1 Å². The van der Waals surface area contributed by atoms with Crippen molar-refractivity contribution in [1.29, 1.82) is 0 Å². The first-order valence-corrected chi connectivity index (χ1v) is 10.3. The van der Waals surface area contributed by atoms with Crippen molar-refractivity contribution in [1.82, 2.24) is 14.9 Å². The van der Waals surface area contributed by atoms with Gasteiger partial charge in [-0.15, -0.1) is 0 Å². The number of amides is 1. The molecule has 2 aromatic carbocycles. The summed E-state index contributed by atoms with van der Waals surface area (Å²) < 4.78 is 13.2. The molecule has 4 rings (SSSR count). The molecule has 30 heavy (non-hydrogen) atoms. The SMILES string of the molecule is Nc1ncc(-c2cccc(Cl)c2)c([C@@H]2CCCCN2C(=O)Cc2ccc(F)cc2)n1. The highest BCUT2D eigenvalue weighted by atomic mass is 35.5. The van der Waals surface area contributed by atoms with Crippen LogP contribution in [-0.2, 0) is 11.2 Å². The number of nitrogens with zero attached hydrogens (tertiary/aromatic N) is 3. The van der Waals surface area contributed by atoms with Gasteiger partial charge in [-0.2, -0.15) is 0 Å². The molecule has 0 bridgehead atoms. The van der Waals surface area contributed by atoms with E-state index in [0.29, 0.717) is 11.6 Å². The number of anilines is 1. The zero-order valence-corrected chi connectivity index (χ0v) is 17.1. The Hall–Kier alpha value is -2.99. The van der Waals surface area contributed by atoms with E-state index in [1.54, 1.807) is 18.3 Å². The highest BCUT2D eigenvalue weighted by molar-refractivity contribution is 6.30. The minimum Gasteiger partial charge on any atom is -0.368 e. The van der Waals surface area contributed by atoms with Crippen LogP contribution in [0.3, 0.4) is 0 Å². The standard InChI is InChI=1S/C23H22ClFN4O/c24-17-5-3-4-16(13-17)19-14-27-23(26)28-22(19)20-6-1-2-11-29(20)21(30)12-15-7-9-18(25)10-8-15/h3-5,7-10,13-14,20H,1-2,6,11-12H2,(H2,26,27,28)/t20-/m0/s1. The first kappa shape index (κ1) is 20.3. The Morgan fingerprint density at radius 3 is 2.77 bits per heavy atom. The number of benzene rings is 2. The molecule has 0 spiro atoms. The maximum Gasteiger partial charge on any atom is 0.227 e. The maximum atomic E-state index is 13.2. The van der Waals surface area contributed by atoms with Gasteiger partial charge in [-0.1, -0.05) is 35.9 Å². The van der Waals surface area contributed by atoms with E-state index in [9.17, 15) is 9.18 Å². The van der Waals surface area contributed by atoms with Gasteiger partial charge in [-0.3, -0.25) is 4.79 Å². The lowest BCUT2D eigenvalue weighted by atomic mass is 9.93. The van der Waals surface area contributed by atoms with Crippen molar-refractivity contribution < 1.29 is 9.18 Å². The normalized spacial score (nSPS) is 16.5. The molecule has 3 aromatic rings. The van der Waals surface area contributed by atoms with Crippen LogP contribution < -0.4 is 5.73 Å². The van der Waals surface area contributed by atoms with E-state index < -0.39 is 0 Å². The van der Waals surface area contributed by atoms with Crippen LogP contribution in [0.2, 0.25) is 5.02 Å². The lowest BCUT2D eigenvalue weighted by molar-refractivity contribution is -0.134. The maximum absolute atomic E-state index is 13.2. The fraction of sp³-hybridized carbons (Fsp3) is 0.261. The van der Waals surface area contributed by atoms with E-state index >= 15 is 0 Å². The van der Waals surface area contributed by atoms with Gasteiger partial charge in [0.2, 0.25) is 11.9 Å². The molecule has 7 heteroatoms. The third kappa shape index (κ3) is 4.44. The van der Waals surface area contributed by atoms with Crippen molar-refractivity contribution in [3.63, 3.8) is 0 Å². The van der Waals surface area contributed by atoms with Gasteiger partial charge in [0.1, 0.15) is 5.82 Å². The molecule has 5 nitrogen and oxygen atoms in total. The molecule has 1 aliphatic heterocycles. The van der Waals surface area contributed by atoms with E-state index in [4.69, 9.17) is 17.3 Å². The molecule has 154 valence electrons. The Morgan fingerprint density at radius 1 is 1.20 bits per heavy atom. The molecule has 1 fully saturated rings. The number of halogens is 2. The molecule has 1 atom stereocenters. The average Bonchev–Trinajstić information content (AvgIpc) is 2.75. The summed E-state index contributed by atoms with van der Waals surface area (Å²) >= 11 is 6.19. The number of carbonyl (C=O) groups is 1. The lowest BCUT2D eigenvalue weighted by Gasteiger charge is -2.36. The van der Waals surface area contributed by atoms with Gasteiger partial charge in [0, 0.05) is 23.3 Å². The Morgan fingerprint density at radius 2 is 2.00 bits per heavy atom. The van der Waals surface area contributed by atoms with Crippen LogP contribution in [0.15, 0.2) is 54.7 Å². The highest BCUT2D eigenvalue weighted by Gasteiger charge is 2.31. The van der Waals surface area contributed by atoms with Crippen LogP contribution in [0.5, 0.6) is 0 Å². The first-order valence-electron chi connectivity index (χ1n) is 9.93. The fourth-order valence-corrected chi connectivity index (χ4v) is 4.12. The highest BCUT2D eigenvalue weighted by Crippen LogP contribution is 2.36. The Labute approximate surface area is 179 Å². The van der Waals surface area contributed by atoms with Crippen LogP contribution in [0.1, 0.15) is 36.6 Å². The molecule has 0 saturated carbocycles. The van der Waals surface area contributed by atoms with Crippen LogP contribution in [0, 0.1) is 5.82 Å². The summed E-state index contributed by atoms with van der Waals surface area (Å²) in [6, 6.07) is 13.3. The van der Waals surface area contributed by atoms with Crippen molar-refractivity contribution in [2.75, 3.05) is 12.3 Å². The molecule has 0 aliphatic carbocycles. The molecular formula is C23H22ClFN4O. The fourth-order valence-electron chi connectivity index (χ4n) is 3.93. The summed E-state index contributed by atoms with van der Waals surface area (Å²) in [4.78, 5) is 23.7. The average molecular weight is 425 g/mol. The molecular weight excluding hydrogens is 403 g/mol. The number of nitrogen functional groups attached to an aromatic ring is 1. The van der Waals surface area contributed by atoms with E-state index in [-0.39, 0.29) is 30.1 Å². The molecule has 2 heterocycles. The minimum absolute atomic E-state index is 0.0134. The monoisotopic (exact) mass is 424 g/mol. The number of rotatable bonds is 4. The third-order valence-corrected chi connectivity index (χ3v) is 5.61. The summed E-state index contributed by atoms with van der Waals surface area (Å²) in [5, 5.41) is 0.614. The number of carbonyl (C=O) groups excluding carboxylic acids is 1. The summed E-state index contributed by atoms with van der Waals surface area (Å²) in [7, 11) is 0. The summed E-state index contributed by atoms with van der Waals surface area (Å²) in [5.41, 5.74) is 9.13. The molecule has 1 aliphatic rings. The topological polar surface area (TPSA) is 72.1 Å². The van der Waals surface area contributed by atoms with Crippen molar-refractivity contribution in [2.24, 2.45) is 0 Å². The van der Waals surface area contributed by atoms with Crippen LogP contribution >= 0.6 is 11.6 Å². The molecule has 1 saturated heterocycles. The second-order valence-electron chi connectivity index (χ2n) is 7.44. The number of hydrogen-bond acceptors (Lipinski definition) is 4. The first-order chi connectivity index (χ1) is 14.5. The number of hydrogen-bond donors (Lipinski definition) is 1. The minimum atomic E-state index is -0.315. The lowest BCUT2D eigenvalue weighted by Crippen LogP contribution is -2.40. The van der Waals surface area contributed by atoms with Crippen LogP contribution in [0.25, 0.3) is 11.1 Å². The van der Waals surface area contributed by atoms with Gasteiger partial charge >= 0.3 is 0 Å². The van der Waals surface area contributed by atoms with Gasteiger partial charge in [0.15, 0.2) is 0 Å². The number of nitrogens with two attached hydrogens (primary N) is 1. The van der Waals surface area contributed by atoms with E-state index in [0.717, 1.165) is 41.6 Å².